The van der Waals surface area contributed by atoms with Crippen molar-refractivity contribution in [3.8, 4) is 5.69 Å². The molecule has 1 N–H and O–H groups in total. The van der Waals surface area contributed by atoms with Crippen LogP contribution in [0.25, 0.3) is 5.69 Å². The van der Waals surface area contributed by atoms with Crippen molar-refractivity contribution in [2.75, 3.05) is 19.6 Å². The van der Waals surface area contributed by atoms with Crippen molar-refractivity contribution in [1.29, 1.82) is 0 Å². The van der Waals surface area contributed by atoms with Crippen molar-refractivity contribution < 1.29 is 0 Å². The Morgan fingerprint density at radius 1 is 1.29 bits per heavy atom. The van der Waals surface area contributed by atoms with E-state index in [1.165, 1.54) is 31.5 Å². The topological polar surface area (TPSA) is 33.1 Å². The Hall–Kier alpha value is -1.65. The van der Waals surface area contributed by atoms with Gasteiger partial charge in [-0.15, -0.1) is 0 Å². The molecule has 1 saturated heterocycles. The predicted molar refractivity (Wildman–Crippen MR) is 85.5 cm³/mol. The molecule has 0 aliphatic carbocycles. The van der Waals surface area contributed by atoms with Crippen LogP contribution in [0.4, 0.5) is 0 Å². The minimum atomic E-state index is 0.610. The van der Waals surface area contributed by atoms with Crippen molar-refractivity contribution in [2.24, 2.45) is 0 Å². The molecule has 1 aromatic heterocycles. The Morgan fingerprint density at radius 3 is 2.95 bits per heavy atom. The summed E-state index contributed by atoms with van der Waals surface area (Å²) in [5.74, 6) is 0. The van der Waals surface area contributed by atoms with Crippen molar-refractivity contribution in [3.63, 3.8) is 0 Å². The molecule has 1 unspecified atom stereocenters. The highest BCUT2D eigenvalue weighted by atomic mass is 15.3. The van der Waals surface area contributed by atoms with Gasteiger partial charge in [-0.3, -0.25) is 0 Å². The molecule has 21 heavy (non-hydrogen) atoms. The molecule has 1 atom stereocenters. The van der Waals surface area contributed by atoms with E-state index in [0.29, 0.717) is 6.04 Å². The lowest BCUT2D eigenvalue weighted by atomic mass is 10.1. The molecule has 0 radical (unpaired) electrons. The van der Waals surface area contributed by atoms with E-state index < -0.39 is 0 Å². The van der Waals surface area contributed by atoms with E-state index >= 15 is 0 Å². The number of nitrogens with zero attached hydrogens (tertiary/aromatic N) is 3. The molecule has 1 aliphatic heterocycles. The van der Waals surface area contributed by atoms with E-state index in [9.17, 15) is 0 Å². The first-order chi connectivity index (χ1) is 10.3. The SMILES string of the molecule is CCN1CCCC(NCc2cnn(-c3ccccc3)c2)C1. The summed E-state index contributed by atoms with van der Waals surface area (Å²) in [6, 6.07) is 10.9. The lowest BCUT2D eigenvalue weighted by Crippen LogP contribution is -2.45. The number of likely N-dealkylation sites (N-methyl/N-ethyl adjacent to an activating group) is 1. The monoisotopic (exact) mass is 284 g/mol. The number of likely N-dealkylation sites (tertiary alicyclic amines) is 1. The molecule has 4 heteroatoms. The van der Waals surface area contributed by atoms with Crippen molar-refractivity contribution in [1.82, 2.24) is 20.0 Å². The third kappa shape index (κ3) is 3.71. The van der Waals surface area contributed by atoms with E-state index in [4.69, 9.17) is 0 Å². The first kappa shape index (κ1) is 14.3. The summed E-state index contributed by atoms with van der Waals surface area (Å²) in [5, 5.41) is 8.12. The van der Waals surface area contributed by atoms with E-state index in [0.717, 1.165) is 18.8 Å². The van der Waals surface area contributed by atoms with Gasteiger partial charge in [0.1, 0.15) is 0 Å². The lowest BCUT2D eigenvalue weighted by molar-refractivity contribution is 0.198. The summed E-state index contributed by atoms with van der Waals surface area (Å²) >= 11 is 0. The lowest BCUT2D eigenvalue weighted by Gasteiger charge is -2.32. The largest absolute Gasteiger partial charge is 0.309 e. The zero-order valence-electron chi connectivity index (χ0n) is 12.7. The highest BCUT2D eigenvalue weighted by Crippen LogP contribution is 2.11. The molecule has 2 aromatic rings. The van der Waals surface area contributed by atoms with Crippen LogP contribution in [0.3, 0.4) is 0 Å². The van der Waals surface area contributed by atoms with Gasteiger partial charge in [0.2, 0.25) is 0 Å². The van der Waals surface area contributed by atoms with Gasteiger partial charge >= 0.3 is 0 Å². The molecular formula is C17H24N4. The van der Waals surface area contributed by atoms with E-state index in [-0.39, 0.29) is 0 Å². The Morgan fingerprint density at radius 2 is 2.14 bits per heavy atom. The Bertz CT molecular complexity index is 549. The Labute approximate surface area is 126 Å². The van der Waals surface area contributed by atoms with Crippen LogP contribution in [0.2, 0.25) is 0 Å². The van der Waals surface area contributed by atoms with Gasteiger partial charge in [0, 0.05) is 30.9 Å². The quantitative estimate of drug-likeness (QED) is 0.915. The molecule has 112 valence electrons. The second kappa shape index (κ2) is 6.87. The van der Waals surface area contributed by atoms with Gasteiger partial charge in [0.05, 0.1) is 11.9 Å². The van der Waals surface area contributed by atoms with Gasteiger partial charge < -0.3 is 10.2 Å². The van der Waals surface area contributed by atoms with Gasteiger partial charge in [-0.2, -0.15) is 5.10 Å². The molecule has 1 aromatic carbocycles. The first-order valence-electron chi connectivity index (χ1n) is 7.90. The third-order valence-electron chi connectivity index (χ3n) is 4.20. The average molecular weight is 284 g/mol. The van der Waals surface area contributed by atoms with Crippen LogP contribution in [-0.4, -0.2) is 40.4 Å². The normalized spacial score (nSPS) is 19.8. The van der Waals surface area contributed by atoms with Crippen LogP contribution in [0.1, 0.15) is 25.3 Å². The summed E-state index contributed by atoms with van der Waals surface area (Å²) in [4.78, 5) is 2.52. The second-order valence-electron chi connectivity index (χ2n) is 5.74. The fourth-order valence-electron chi connectivity index (χ4n) is 2.94. The maximum Gasteiger partial charge on any atom is 0.0645 e. The maximum absolute atomic E-state index is 4.45. The van der Waals surface area contributed by atoms with Crippen LogP contribution in [0, 0.1) is 0 Å². The van der Waals surface area contributed by atoms with E-state index in [1.807, 2.05) is 29.1 Å². The number of hydrogen-bond acceptors (Lipinski definition) is 3. The number of hydrogen-bond donors (Lipinski definition) is 1. The highest BCUT2D eigenvalue weighted by molar-refractivity contribution is 5.30. The van der Waals surface area contributed by atoms with Crippen LogP contribution in [0.15, 0.2) is 42.7 Å². The summed E-state index contributed by atoms with van der Waals surface area (Å²) in [6.45, 7) is 6.72. The number of piperidine rings is 1. The van der Waals surface area contributed by atoms with Gasteiger partial charge in [0.15, 0.2) is 0 Å². The molecular weight excluding hydrogens is 260 g/mol. The summed E-state index contributed by atoms with van der Waals surface area (Å²) in [7, 11) is 0. The van der Waals surface area contributed by atoms with Crippen molar-refractivity contribution in [2.45, 2.75) is 32.4 Å². The summed E-state index contributed by atoms with van der Waals surface area (Å²) in [5.41, 5.74) is 2.35. The second-order valence-corrected chi connectivity index (χ2v) is 5.74. The summed E-state index contributed by atoms with van der Waals surface area (Å²) < 4.78 is 1.94. The molecule has 0 bridgehead atoms. The number of para-hydroxylation sites is 1. The fourth-order valence-corrected chi connectivity index (χ4v) is 2.94. The van der Waals surface area contributed by atoms with Gasteiger partial charge in [0.25, 0.3) is 0 Å². The van der Waals surface area contributed by atoms with Crippen molar-refractivity contribution in [3.05, 3.63) is 48.3 Å². The van der Waals surface area contributed by atoms with Crippen LogP contribution >= 0.6 is 0 Å². The average Bonchev–Trinajstić information content (AvgIpc) is 3.03. The minimum Gasteiger partial charge on any atom is -0.309 e. The standard InChI is InChI=1S/C17H24N4/c1-2-20-10-6-7-16(14-20)18-11-15-12-19-21(13-15)17-8-4-3-5-9-17/h3-5,8-9,12-13,16,18H,2,6-7,10-11,14H2,1H3. The minimum absolute atomic E-state index is 0.610. The number of aromatic nitrogens is 2. The van der Waals surface area contributed by atoms with Crippen LogP contribution in [-0.2, 0) is 6.54 Å². The first-order valence-corrected chi connectivity index (χ1v) is 7.90. The van der Waals surface area contributed by atoms with E-state index in [2.05, 4.69) is 40.6 Å². The van der Waals surface area contributed by atoms with Crippen molar-refractivity contribution >= 4 is 0 Å². The summed E-state index contributed by atoms with van der Waals surface area (Å²) in [6.07, 6.45) is 6.65. The molecule has 2 heterocycles. The number of nitrogens with one attached hydrogen (secondary N) is 1. The molecule has 1 aliphatic rings. The maximum atomic E-state index is 4.45. The molecule has 0 saturated carbocycles. The molecule has 0 amide bonds. The molecule has 3 rings (SSSR count). The molecule has 1 fully saturated rings. The zero-order chi connectivity index (χ0) is 14.5. The van der Waals surface area contributed by atoms with Gasteiger partial charge in [-0.05, 0) is 38.1 Å². The number of benzene rings is 1. The predicted octanol–water partition coefficient (Wildman–Crippen LogP) is 2.45. The zero-order valence-corrected chi connectivity index (χ0v) is 12.7. The third-order valence-corrected chi connectivity index (χ3v) is 4.20. The molecule has 4 nitrogen and oxygen atoms in total. The van der Waals surface area contributed by atoms with Gasteiger partial charge in [-0.1, -0.05) is 25.1 Å². The Kier molecular flexibility index (Phi) is 4.68. The van der Waals surface area contributed by atoms with E-state index in [1.54, 1.807) is 0 Å². The van der Waals surface area contributed by atoms with Crippen LogP contribution < -0.4 is 5.32 Å². The number of rotatable bonds is 5. The van der Waals surface area contributed by atoms with Crippen LogP contribution in [0.5, 0.6) is 0 Å². The smallest absolute Gasteiger partial charge is 0.0645 e. The Balaban J connectivity index is 1.55. The fraction of sp³-hybridized carbons (Fsp3) is 0.471. The molecule has 0 spiro atoms. The van der Waals surface area contributed by atoms with Gasteiger partial charge in [-0.25, -0.2) is 4.68 Å². The highest BCUT2D eigenvalue weighted by Gasteiger charge is 2.18.